The maximum Gasteiger partial charge on any atom is 0.419 e. The van der Waals surface area contributed by atoms with E-state index in [-0.39, 0.29) is 11.8 Å². The SMILES string of the molecule is CN(C(=O)OC(C)(C)C)C1=N[C@@H]2[C@@H](F)[C@H](OCc3ccccc3)[C@@H]([C@@](C)(O)C(F)(F)F)O[C@@H]2S1. The van der Waals surface area contributed by atoms with Gasteiger partial charge in [0.15, 0.2) is 16.9 Å². The van der Waals surface area contributed by atoms with E-state index in [9.17, 15) is 23.1 Å². The summed E-state index contributed by atoms with van der Waals surface area (Å²) in [5.41, 5.74) is -4.79. The molecule has 1 saturated heterocycles. The Bertz CT molecular complexity index is 907. The number of carbonyl (C=O) groups is 1. The first-order chi connectivity index (χ1) is 15.6. The fourth-order valence-electron chi connectivity index (χ4n) is 3.44. The van der Waals surface area contributed by atoms with Gasteiger partial charge in [0.1, 0.15) is 29.3 Å². The third kappa shape index (κ3) is 5.67. The minimum Gasteiger partial charge on any atom is -0.443 e. The zero-order valence-corrected chi connectivity index (χ0v) is 20.2. The Hall–Kier alpha value is -1.89. The summed E-state index contributed by atoms with van der Waals surface area (Å²) in [5.74, 6) is 0. The van der Waals surface area contributed by atoms with E-state index in [4.69, 9.17) is 14.2 Å². The quantitative estimate of drug-likeness (QED) is 0.612. The van der Waals surface area contributed by atoms with Crippen LogP contribution in [0.4, 0.5) is 22.4 Å². The van der Waals surface area contributed by atoms with Crippen LogP contribution in [0.1, 0.15) is 33.3 Å². The van der Waals surface area contributed by atoms with Crippen molar-refractivity contribution in [2.75, 3.05) is 7.05 Å². The van der Waals surface area contributed by atoms with Crippen molar-refractivity contribution < 1.29 is 41.7 Å². The van der Waals surface area contributed by atoms with E-state index in [1.807, 2.05) is 0 Å². The number of thioether (sulfide) groups is 1. The monoisotopic (exact) mass is 508 g/mol. The number of fused-ring (bicyclic) bond motifs is 1. The predicted octanol–water partition coefficient (Wildman–Crippen LogP) is 4.29. The molecule has 1 fully saturated rings. The van der Waals surface area contributed by atoms with Gasteiger partial charge in [-0.1, -0.05) is 42.1 Å². The lowest BCUT2D eigenvalue weighted by Gasteiger charge is -2.45. The molecule has 3 rings (SSSR count). The van der Waals surface area contributed by atoms with Gasteiger partial charge in [-0.2, -0.15) is 13.2 Å². The Morgan fingerprint density at radius 1 is 1.21 bits per heavy atom. The van der Waals surface area contributed by atoms with E-state index in [1.54, 1.807) is 51.1 Å². The summed E-state index contributed by atoms with van der Waals surface area (Å²) in [5, 5.41) is 10.4. The van der Waals surface area contributed by atoms with Crippen LogP contribution in [0.2, 0.25) is 0 Å². The molecule has 1 N–H and O–H groups in total. The summed E-state index contributed by atoms with van der Waals surface area (Å²) < 4.78 is 73.1. The maximum absolute atomic E-state index is 15.6. The number of hydrogen-bond donors (Lipinski definition) is 1. The molecule has 2 aliphatic rings. The van der Waals surface area contributed by atoms with Crippen molar-refractivity contribution in [1.82, 2.24) is 4.90 Å². The molecule has 0 spiro atoms. The highest BCUT2D eigenvalue weighted by molar-refractivity contribution is 8.14. The van der Waals surface area contributed by atoms with E-state index < -0.39 is 53.3 Å². The van der Waals surface area contributed by atoms with Crippen molar-refractivity contribution in [3.63, 3.8) is 0 Å². The zero-order valence-electron chi connectivity index (χ0n) is 19.4. The number of amides is 1. The smallest absolute Gasteiger partial charge is 0.419 e. The highest BCUT2D eigenvalue weighted by atomic mass is 32.2. The van der Waals surface area contributed by atoms with E-state index in [2.05, 4.69) is 4.99 Å². The Labute approximate surface area is 199 Å². The lowest BCUT2D eigenvalue weighted by Crippen LogP contribution is -2.65. The molecule has 2 heterocycles. The first-order valence-corrected chi connectivity index (χ1v) is 11.4. The topological polar surface area (TPSA) is 80.6 Å². The molecule has 0 bridgehead atoms. The fourth-order valence-corrected chi connectivity index (χ4v) is 4.59. The Morgan fingerprint density at radius 2 is 1.82 bits per heavy atom. The van der Waals surface area contributed by atoms with Gasteiger partial charge in [-0.3, -0.25) is 9.89 Å². The van der Waals surface area contributed by atoms with Crippen LogP contribution < -0.4 is 0 Å². The van der Waals surface area contributed by atoms with Gasteiger partial charge in [-0.15, -0.1) is 0 Å². The van der Waals surface area contributed by atoms with Gasteiger partial charge in [0.25, 0.3) is 0 Å². The van der Waals surface area contributed by atoms with Crippen LogP contribution in [0.15, 0.2) is 35.3 Å². The number of alkyl halides is 4. The van der Waals surface area contributed by atoms with E-state index >= 15 is 4.39 Å². The lowest BCUT2D eigenvalue weighted by atomic mass is 9.87. The third-order valence-electron chi connectivity index (χ3n) is 5.35. The second-order valence-corrected chi connectivity index (χ2v) is 10.4. The third-order valence-corrected chi connectivity index (χ3v) is 6.56. The standard InChI is InChI=1S/C22H28F4N2O5S/c1-20(2,3)33-19(29)28(5)18-27-14-13(23)15(31-11-12-9-7-6-8-10-12)16(32-17(14)34-18)21(4,30)22(24,25)26/h6-10,13-17,30H,11H2,1-5H3/t13-,14-,15+,16+,17-,21-/m1/s1. The maximum atomic E-state index is 15.6. The van der Waals surface area contributed by atoms with E-state index in [0.29, 0.717) is 12.5 Å². The molecule has 34 heavy (non-hydrogen) atoms. The first kappa shape index (κ1) is 26.7. The number of carbonyl (C=O) groups excluding carboxylic acids is 1. The average molecular weight is 509 g/mol. The number of benzene rings is 1. The van der Waals surface area contributed by atoms with Gasteiger partial charge in [-0.05, 0) is 33.3 Å². The minimum absolute atomic E-state index is 0.0287. The molecular formula is C22H28F4N2O5S. The van der Waals surface area contributed by atoms with Crippen molar-refractivity contribution in [2.45, 2.75) is 81.5 Å². The van der Waals surface area contributed by atoms with Gasteiger partial charge in [0, 0.05) is 7.05 Å². The molecule has 190 valence electrons. The average Bonchev–Trinajstić information content (AvgIpc) is 3.15. The summed E-state index contributed by atoms with van der Waals surface area (Å²) in [4.78, 5) is 17.6. The van der Waals surface area contributed by atoms with Crippen molar-refractivity contribution >= 4 is 23.0 Å². The molecule has 1 aromatic carbocycles. The summed E-state index contributed by atoms with van der Waals surface area (Å²) >= 11 is 0.787. The molecule has 1 aromatic rings. The molecular weight excluding hydrogens is 480 g/mol. The summed E-state index contributed by atoms with van der Waals surface area (Å²) in [6.07, 6.45) is -11.8. The molecule has 6 atom stereocenters. The number of aliphatic imine (C=N–C) groups is 1. The molecule has 0 aliphatic carbocycles. The molecule has 2 aliphatic heterocycles. The molecule has 12 heteroatoms. The van der Waals surface area contributed by atoms with Crippen molar-refractivity contribution in [1.29, 1.82) is 0 Å². The Morgan fingerprint density at radius 3 is 2.38 bits per heavy atom. The number of ether oxygens (including phenoxy) is 3. The van der Waals surface area contributed by atoms with Gasteiger partial charge in [0.05, 0.1) is 6.61 Å². The van der Waals surface area contributed by atoms with Crippen LogP contribution in [0.5, 0.6) is 0 Å². The number of nitrogens with zero attached hydrogens (tertiary/aromatic N) is 2. The number of rotatable bonds is 4. The van der Waals surface area contributed by atoms with Gasteiger partial charge < -0.3 is 19.3 Å². The first-order valence-electron chi connectivity index (χ1n) is 10.6. The summed E-state index contributed by atoms with van der Waals surface area (Å²) in [6.45, 7) is 5.33. The van der Waals surface area contributed by atoms with Crippen LogP contribution in [0, 0.1) is 0 Å². The van der Waals surface area contributed by atoms with Crippen molar-refractivity contribution in [2.24, 2.45) is 4.99 Å². The molecule has 0 aromatic heterocycles. The normalized spacial score (nSPS) is 29.1. The molecule has 1 amide bonds. The van der Waals surface area contributed by atoms with Crippen LogP contribution in [-0.4, -0.2) is 75.6 Å². The van der Waals surface area contributed by atoms with Crippen LogP contribution in [-0.2, 0) is 20.8 Å². The number of hydrogen-bond acceptors (Lipinski definition) is 7. The molecule has 0 unspecified atom stereocenters. The number of amidine groups is 1. The second kappa shape index (κ2) is 9.63. The number of halogens is 4. The van der Waals surface area contributed by atoms with Gasteiger partial charge in [0.2, 0.25) is 0 Å². The summed E-state index contributed by atoms with van der Waals surface area (Å²) in [6, 6.07) is 7.27. The highest BCUT2D eigenvalue weighted by Crippen LogP contribution is 2.46. The van der Waals surface area contributed by atoms with Gasteiger partial charge in [-0.25, -0.2) is 9.18 Å². The van der Waals surface area contributed by atoms with Gasteiger partial charge >= 0.3 is 12.3 Å². The zero-order chi connectivity index (χ0) is 25.5. The minimum atomic E-state index is -5.11. The second-order valence-electron chi connectivity index (χ2n) is 9.34. The molecule has 0 saturated carbocycles. The van der Waals surface area contributed by atoms with Crippen LogP contribution in [0.3, 0.4) is 0 Å². The highest BCUT2D eigenvalue weighted by Gasteiger charge is 2.64. The predicted molar refractivity (Wildman–Crippen MR) is 118 cm³/mol. The number of aliphatic hydroxyl groups is 1. The van der Waals surface area contributed by atoms with Crippen molar-refractivity contribution in [3.05, 3.63) is 35.9 Å². The largest absolute Gasteiger partial charge is 0.443 e. The van der Waals surface area contributed by atoms with Crippen molar-refractivity contribution in [3.8, 4) is 0 Å². The fraction of sp³-hybridized carbons (Fsp3) is 0.636. The van der Waals surface area contributed by atoms with E-state index in [1.165, 1.54) is 7.05 Å². The molecule has 7 nitrogen and oxygen atoms in total. The lowest BCUT2D eigenvalue weighted by molar-refractivity contribution is -0.319. The molecule has 0 radical (unpaired) electrons. The van der Waals surface area contributed by atoms with E-state index in [0.717, 1.165) is 16.7 Å². The van der Waals surface area contributed by atoms with Crippen LogP contribution >= 0.6 is 11.8 Å². The summed E-state index contributed by atoms with van der Waals surface area (Å²) in [7, 11) is 1.36. The Kier molecular flexibility index (Phi) is 7.57. The van der Waals surface area contributed by atoms with Crippen LogP contribution in [0.25, 0.3) is 0 Å². The Balaban J connectivity index is 1.85.